The molecule has 0 aliphatic rings. The molecule has 0 rings (SSSR count). The summed E-state index contributed by atoms with van der Waals surface area (Å²) in [5.41, 5.74) is 0. The molecule has 0 aliphatic carbocycles. The Bertz CT molecular complexity index is 163. The molecular weight excluding hydrogens is 236 g/mol. The maximum Gasteiger partial charge on any atom is 0.316 e. The maximum absolute atomic E-state index is 10.4. The fourth-order valence-corrected chi connectivity index (χ4v) is 1.60. The zero-order valence-corrected chi connectivity index (χ0v) is 12.1. The van der Waals surface area contributed by atoms with E-state index < -0.39 is 11.2 Å². The standard InChI is InChI=1S/C11H22O2S.C2H6O/c1-2-3-4-5-6-7-8-9-10(14)11(12)13;1-2-3/h10,14H,2-9H2,1H3,(H,12,13);3H,2H2,1H3. The van der Waals surface area contributed by atoms with Crippen LogP contribution in [0.15, 0.2) is 0 Å². The predicted molar refractivity (Wildman–Crippen MR) is 75.8 cm³/mol. The van der Waals surface area contributed by atoms with E-state index in [9.17, 15) is 4.79 Å². The van der Waals surface area contributed by atoms with Gasteiger partial charge in [-0.1, -0.05) is 51.9 Å². The van der Waals surface area contributed by atoms with E-state index in [4.69, 9.17) is 10.2 Å². The zero-order valence-electron chi connectivity index (χ0n) is 11.2. The van der Waals surface area contributed by atoms with E-state index in [2.05, 4.69) is 19.6 Å². The van der Waals surface area contributed by atoms with Gasteiger partial charge >= 0.3 is 5.97 Å². The van der Waals surface area contributed by atoms with Gasteiger partial charge in [0, 0.05) is 6.61 Å². The molecule has 2 N–H and O–H groups in total. The summed E-state index contributed by atoms with van der Waals surface area (Å²) in [6.45, 7) is 4.14. The van der Waals surface area contributed by atoms with E-state index in [1.165, 1.54) is 32.1 Å². The summed E-state index contributed by atoms with van der Waals surface area (Å²) in [5.74, 6) is -0.792. The molecule has 1 unspecified atom stereocenters. The van der Waals surface area contributed by atoms with Gasteiger partial charge in [0.15, 0.2) is 0 Å². The molecule has 0 saturated carbocycles. The fraction of sp³-hybridized carbons (Fsp3) is 0.923. The number of thiol groups is 1. The number of aliphatic carboxylic acids is 1. The van der Waals surface area contributed by atoms with Crippen molar-refractivity contribution in [3.63, 3.8) is 0 Å². The molecule has 3 nitrogen and oxygen atoms in total. The molecule has 0 fully saturated rings. The monoisotopic (exact) mass is 264 g/mol. The number of hydrogen-bond acceptors (Lipinski definition) is 3. The molecule has 4 heteroatoms. The fourth-order valence-electron chi connectivity index (χ4n) is 1.42. The van der Waals surface area contributed by atoms with Crippen molar-refractivity contribution in [3.8, 4) is 0 Å². The van der Waals surface area contributed by atoms with Crippen LogP contribution in [0.2, 0.25) is 0 Å². The second-order valence-corrected chi connectivity index (χ2v) is 4.70. The van der Waals surface area contributed by atoms with Gasteiger partial charge in [-0.15, -0.1) is 0 Å². The molecule has 0 aromatic heterocycles. The van der Waals surface area contributed by atoms with Crippen molar-refractivity contribution in [2.75, 3.05) is 6.61 Å². The van der Waals surface area contributed by atoms with Crippen molar-refractivity contribution in [2.24, 2.45) is 0 Å². The number of carboxylic acid groups (broad SMARTS) is 1. The van der Waals surface area contributed by atoms with Crippen LogP contribution < -0.4 is 0 Å². The molecular formula is C13H28O3S. The van der Waals surface area contributed by atoms with Gasteiger partial charge in [-0.05, 0) is 13.3 Å². The number of unbranched alkanes of at least 4 members (excludes halogenated alkanes) is 6. The molecule has 0 bridgehead atoms. The van der Waals surface area contributed by atoms with Crippen LogP contribution in [-0.2, 0) is 4.79 Å². The SMILES string of the molecule is CCCCCCCCCC(S)C(=O)O.CCO. The summed E-state index contributed by atoms with van der Waals surface area (Å²) in [6, 6.07) is 0. The Kier molecular flexibility index (Phi) is 17.8. The first-order valence-corrected chi connectivity index (χ1v) is 7.13. The van der Waals surface area contributed by atoms with Crippen LogP contribution in [0.5, 0.6) is 0 Å². The van der Waals surface area contributed by atoms with Crippen LogP contribution in [0.4, 0.5) is 0 Å². The minimum atomic E-state index is -0.792. The lowest BCUT2D eigenvalue weighted by Crippen LogP contribution is -2.12. The highest BCUT2D eigenvalue weighted by Crippen LogP contribution is 2.12. The van der Waals surface area contributed by atoms with Gasteiger partial charge in [0.2, 0.25) is 0 Å². The molecule has 0 saturated heterocycles. The van der Waals surface area contributed by atoms with Crippen LogP contribution in [0.25, 0.3) is 0 Å². The van der Waals surface area contributed by atoms with Crippen LogP contribution in [-0.4, -0.2) is 28.0 Å². The Balaban J connectivity index is 0. The molecule has 0 aliphatic heterocycles. The summed E-state index contributed by atoms with van der Waals surface area (Å²) in [6.07, 6.45) is 9.28. The van der Waals surface area contributed by atoms with Crippen molar-refractivity contribution in [1.82, 2.24) is 0 Å². The van der Waals surface area contributed by atoms with Gasteiger partial charge in [-0.25, -0.2) is 0 Å². The lowest BCUT2D eigenvalue weighted by atomic mass is 10.1. The number of aliphatic hydroxyl groups excluding tert-OH is 1. The third-order valence-corrected chi connectivity index (χ3v) is 2.85. The number of aliphatic hydroxyl groups is 1. The second kappa shape index (κ2) is 15.8. The molecule has 1 atom stereocenters. The highest BCUT2D eigenvalue weighted by molar-refractivity contribution is 7.81. The zero-order chi connectivity index (χ0) is 13.5. The quantitative estimate of drug-likeness (QED) is 0.441. The van der Waals surface area contributed by atoms with Gasteiger partial charge in [0.05, 0.1) is 5.25 Å². The largest absolute Gasteiger partial charge is 0.480 e. The van der Waals surface area contributed by atoms with E-state index in [1.54, 1.807) is 6.92 Å². The van der Waals surface area contributed by atoms with Crippen LogP contribution in [0, 0.1) is 0 Å². The summed E-state index contributed by atoms with van der Waals surface area (Å²) >= 11 is 3.98. The second-order valence-electron chi connectivity index (χ2n) is 4.08. The topological polar surface area (TPSA) is 57.5 Å². The van der Waals surface area contributed by atoms with Crippen LogP contribution in [0.1, 0.15) is 65.2 Å². The highest BCUT2D eigenvalue weighted by Gasteiger charge is 2.10. The molecule has 0 aromatic carbocycles. The molecule has 0 aromatic rings. The Morgan fingerprint density at radius 2 is 1.47 bits per heavy atom. The van der Waals surface area contributed by atoms with Crippen molar-refractivity contribution in [1.29, 1.82) is 0 Å². The van der Waals surface area contributed by atoms with Crippen molar-refractivity contribution >= 4 is 18.6 Å². The van der Waals surface area contributed by atoms with Gasteiger partial charge < -0.3 is 10.2 Å². The van der Waals surface area contributed by atoms with E-state index >= 15 is 0 Å². The third-order valence-electron chi connectivity index (χ3n) is 2.37. The van der Waals surface area contributed by atoms with Crippen molar-refractivity contribution in [3.05, 3.63) is 0 Å². The minimum Gasteiger partial charge on any atom is -0.480 e. The average molecular weight is 264 g/mol. The first kappa shape index (κ1) is 19.1. The number of carbonyl (C=O) groups is 1. The summed E-state index contributed by atoms with van der Waals surface area (Å²) in [7, 11) is 0. The Hall–Kier alpha value is -0.220. The van der Waals surface area contributed by atoms with Crippen molar-refractivity contribution in [2.45, 2.75) is 70.5 Å². The minimum absolute atomic E-state index is 0.250. The van der Waals surface area contributed by atoms with E-state index in [1.807, 2.05) is 0 Å². The molecule has 104 valence electrons. The molecule has 0 amide bonds. The Morgan fingerprint density at radius 1 is 1.06 bits per heavy atom. The maximum atomic E-state index is 10.4. The lowest BCUT2D eigenvalue weighted by Gasteiger charge is -2.04. The van der Waals surface area contributed by atoms with E-state index in [-0.39, 0.29) is 6.61 Å². The van der Waals surface area contributed by atoms with Gasteiger partial charge in [0.25, 0.3) is 0 Å². The van der Waals surface area contributed by atoms with E-state index in [0.29, 0.717) is 6.42 Å². The normalized spacial score (nSPS) is 11.5. The smallest absolute Gasteiger partial charge is 0.316 e. The molecule has 17 heavy (non-hydrogen) atoms. The van der Waals surface area contributed by atoms with Crippen LogP contribution in [0.3, 0.4) is 0 Å². The van der Waals surface area contributed by atoms with Crippen molar-refractivity contribution < 1.29 is 15.0 Å². The summed E-state index contributed by atoms with van der Waals surface area (Å²) < 4.78 is 0. The van der Waals surface area contributed by atoms with Gasteiger partial charge in [0.1, 0.15) is 0 Å². The molecule has 0 heterocycles. The van der Waals surface area contributed by atoms with Crippen LogP contribution >= 0.6 is 12.6 Å². The molecule has 0 spiro atoms. The lowest BCUT2D eigenvalue weighted by molar-refractivity contribution is -0.136. The Morgan fingerprint density at radius 3 is 1.88 bits per heavy atom. The third kappa shape index (κ3) is 18.3. The first-order valence-electron chi connectivity index (χ1n) is 6.61. The van der Waals surface area contributed by atoms with E-state index in [0.717, 1.165) is 12.8 Å². The number of hydrogen-bond donors (Lipinski definition) is 3. The average Bonchev–Trinajstić information content (AvgIpc) is 2.28. The molecule has 0 radical (unpaired) electrons. The highest BCUT2D eigenvalue weighted by atomic mass is 32.1. The van der Waals surface area contributed by atoms with Gasteiger partial charge in [-0.3, -0.25) is 4.79 Å². The Labute approximate surface area is 111 Å². The van der Waals surface area contributed by atoms with Gasteiger partial charge in [-0.2, -0.15) is 12.6 Å². The first-order chi connectivity index (χ1) is 8.09. The number of rotatable bonds is 9. The summed E-state index contributed by atoms with van der Waals surface area (Å²) in [5, 5.41) is 15.7. The predicted octanol–water partition coefficient (Wildman–Crippen LogP) is 3.51. The summed E-state index contributed by atoms with van der Waals surface area (Å²) in [4.78, 5) is 10.4. The number of carboxylic acids is 1.